The molecule has 0 N–H and O–H groups in total. The maximum absolute atomic E-state index is 12.8. The molecule has 0 bridgehead atoms. The number of aryl methyl sites for hydroxylation is 1. The number of allylic oxidation sites excluding steroid dienone is 8. The van der Waals surface area contributed by atoms with Crippen molar-refractivity contribution in [2.75, 3.05) is 20.3 Å². The summed E-state index contributed by atoms with van der Waals surface area (Å²) in [5, 5.41) is 0. The second kappa shape index (κ2) is 30.2. The van der Waals surface area contributed by atoms with E-state index in [1.54, 1.807) is 7.11 Å². The number of hydrogen-bond acceptors (Lipinski definition) is 7. The van der Waals surface area contributed by atoms with Crippen LogP contribution in [0.4, 0.5) is 0 Å². The molecular weight excluding hydrogens is 1210 g/mol. The first kappa shape index (κ1) is 80.6. The molecule has 524 valence electrons. The zero-order valence-corrected chi connectivity index (χ0v) is 65.0. The summed E-state index contributed by atoms with van der Waals surface area (Å²) >= 11 is 0. The van der Waals surface area contributed by atoms with Crippen LogP contribution in [0.15, 0.2) is 83.5 Å². The van der Waals surface area contributed by atoms with Gasteiger partial charge in [-0.15, -0.1) is 0 Å². The minimum atomic E-state index is -0.558. The lowest BCUT2D eigenvalue weighted by Crippen LogP contribution is -2.21. The van der Waals surface area contributed by atoms with Gasteiger partial charge in [0.2, 0.25) is 22.8 Å². The quantitative estimate of drug-likeness (QED) is 0.0744. The third-order valence-electron chi connectivity index (χ3n) is 19.2. The average Bonchev–Trinajstić information content (AvgIpc) is 1.61. The number of unbranched alkanes of at least 4 members (excludes halogenated alkanes) is 2. The molecule has 98 heavy (non-hydrogen) atoms. The number of carbonyl (C=O) groups is 4. The zero-order valence-electron chi connectivity index (χ0n) is 65.0. The Kier molecular flexibility index (Phi) is 24.8. The van der Waals surface area contributed by atoms with Crippen molar-refractivity contribution in [2.24, 2.45) is 21.7 Å². The van der Waals surface area contributed by atoms with Gasteiger partial charge in [-0.2, -0.15) is 0 Å². The third-order valence-corrected chi connectivity index (χ3v) is 19.2. The number of methoxy groups -OCH3 is 1. The molecule has 11 nitrogen and oxygen atoms in total. The Balaban J connectivity index is 0.000000236. The molecule has 4 aromatic carbocycles. The van der Waals surface area contributed by atoms with Gasteiger partial charge in [0.05, 0.1) is 46.6 Å². The second-order valence-corrected chi connectivity index (χ2v) is 34.9. The molecule has 8 rings (SSSR count). The maximum Gasteiger partial charge on any atom is 0.233 e. The van der Waals surface area contributed by atoms with Gasteiger partial charge in [-0.1, -0.05) is 216 Å². The smallest absolute Gasteiger partial charge is 0.233 e. The van der Waals surface area contributed by atoms with Crippen molar-refractivity contribution in [1.29, 1.82) is 0 Å². The number of carbonyl (C=O) groups excluding carboxylic acids is 4. The SMILES string of the molecule is [C-]#[N+]/C(C(=O)C(C)(C)C)=C1/CC(C)(C)c2c1ccc(OCCCC)c2C.[C-]#[N+]/C(C(=O)C(C)(C)C)=C1/CC(C)(C)c2cc(C(C)(C)C)ccc21.[C-]#[N+]/C(C(=O)C(C)(C)C)=C1/CC(C)(C)c2cc(OC)ccc21.[C-]#[N+]/C(C(=O)C(C)(C)C)=C1/CC(C)(C)c2cc(OCCCC)c(C)cc21. The van der Waals surface area contributed by atoms with E-state index >= 15 is 0 Å². The molecule has 0 saturated carbocycles. The fraction of sp³-hybridized carbons (Fsp3) is 0.540. The van der Waals surface area contributed by atoms with Crippen LogP contribution in [0, 0.1) is 61.8 Å². The lowest BCUT2D eigenvalue weighted by molar-refractivity contribution is -0.122. The molecule has 4 aliphatic rings. The Hall–Kier alpha value is -8.12. The molecule has 0 atom stereocenters. The van der Waals surface area contributed by atoms with Crippen LogP contribution in [0.1, 0.15) is 286 Å². The van der Waals surface area contributed by atoms with Crippen LogP contribution < -0.4 is 14.2 Å². The molecule has 0 heterocycles. The van der Waals surface area contributed by atoms with E-state index in [2.05, 4.69) is 147 Å². The molecule has 0 amide bonds. The highest BCUT2D eigenvalue weighted by Crippen LogP contribution is 2.54. The molecule has 11 heteroatoms. The van der Waals surface area contributed by atoms with Gasteiger partial charge in [-0.05, 0) is 193 Å². The lowest BCUT2D eigenvalue weighted by Gasteiger charge is -2.24. The van der Waals surface area contributed by atoms with Crippen molar-refractivity contribution >= 4 is 45.4 Å². The summed E-state index contributed by atoms with van der Waals surface area (Å²) in [5.74, 6) is 2.34. The Labute approximate surface area is 590 Å². The van der Waals surface area contributed by atoms with E-state index in [0.717, 1.165) is 124 Å². The van der Waals surface area contributed by atoms with Gasteiger partial charge >= 0.3 is 0 Å². The van der Waals surface area contributed by atoms with Crippen LogP contribution in [-0.2, 0) is 46.3 Å². The molecule has 0 spiro atoms. The summed E-state index contributed by atoms with van der Waals surface area (Å²) in [6, 6.07) is 20.7. The van der Waals surface area contributed by atoms with Crippen LogP contribution in [0.5, 0.6) is 17.2 Å². The van der Waals surface area contributed by atoms with E-state index in [1.165, 1.54) is 22.3 Å². The minimum Gasteiger partial charge on any atom is -0.497 e. The van der Waals surface area contributed by atoms with Crippen LogP contribution in [0.3, 0.4) is 0 Å². The van der Waals surface area contributed by atoms with Gasteiger partial charge in [-0.3, -0.25) is 0 Å². The molecule has 0 aromatic heterocycles. The minimum absolute atomic E-state index is 0.0555. The van der Waals surface area contributed by atoms with Gasteiger partial charge in [0.25, 0.3) is 0 Å². The summed E-state index contributed by atoms with van der Waals surface area (Å²) in [5.41, 5.74) is 14.7. The van der Waals surface area contributed by atoms with E-state index in [4.69, 9.17) is 40.5 Å². The van der Waals surface area contributed by atoms with Crippen LogP contribution >= 0.6 is 0 Å². The first-order valence-electron chi connectivity index (χ1n) is 35.0. The van der Waals surface area contributed by atoms with Crippen molar-refractivity contribution in [2.45, 2.75) is 265 Å². The Morgan fingerprint density at radius 3 is 1.13 bits per heavy atom. The molecule has 4 aliphatic carbocycles. The predicted molar refractivity (Wildman–Crippen MR) is 404 cm³/mol. The molecule has 4 aromatic rings. The first-order chi connectivity index (χ1) is 45.0. The van der Waals surface area contributed by atoms with E-state index in [0.29, 0.717) is 36.4 Å². The van der Waals surface area contributed by atoms with Crippen molar-refractivity contribution in [3.63, 3.8) is 0 Å². The average molecular weight is 1330 g/mol. The third kappa shape index (κ3) is 17.8. The van der Waals surface area contributed by atoms with Crippen molar-refractivity contribution in [3.8, 4) is 17.2 Å². The molecule has 0 fully saturated rings. The molecule has 0 radical (unpaired) electrons. The normalized spacial score (nSPS) is 18.0. The first-order valence-corrected chi connectivity index (χ1v) is 35.0. The van der Waals surface area contributed by atoms with Crippen molar-refractivity contribution < 1.29 is 33.4 Å². The Bertz CT molecular complexity index is 4020. The van der Waals surface area contributed by atoms with Crippen molar-refractivity contribution in [3.05, 3.63) is 190 Å². The number of benzene rings is 4. The largest absolute Gasteiger partial charge is 0.497 e. The Morgan fingerprint density at radius 2 is 0.765 bits per heavy atom. The van der Waals surface area contributed by atoms with E-state index in [9.17, 15) is 19.2 Å². The van der Waals surface area contributed by atoms with Crippen LogP contribution in [0.25, 0.3) is 41.7 Å². The van der Waals surface area contributed by atoms with Crippen LogP contribution in [0.2, 0.25) is 0 Å². The number of ether oxygens (including phenoxy) is 3. The summed E-state index contributed by atoms with van der Waals surface area (Å²) < 4.78 is 17.3. The highest BCUT2D eigenvalue weighted by Gasteiger charge is 2.43. The number of nitrogens with zero attached hydrogens (tertiary/aromatic N) is 4. The highest BCUT2D eigenvalue weighted by atomic mass is 16.5. The zero-order chi connectivity index (χ0) is 74.6. The monoisotopic (exact) mass is 1330 g/mol. The second-order valence-electron chi connectivity index (χ2n) is 34.9. The Morgan fingerprint density at radius 1 is 0.429 bits per heavy atom. The number of Topliss-reactive ketones (excluding diaryl/α,β-unsaturated/α-hetero) is 4. The van der Waals surface area contributed by atoms with Gasteiger partial charge in [0.1, 0.15) is 17.2 Å². The van der Waals surface area contributed by atoms with E-state index in [1.807, 2.05) is 120 Å². The van der Waals surface area contributed by atoms with Gasteiger partial charge < -0.3 is 33.4 Å². The molecule has 0 saturated heterocycles. The highest BCUT2D eigenvalue weighted by molar-refractivity contribution is 6.10. The van der Waals surface area contributed by atoms with E-state index < -0.39 is 21.7 Å². The number of ketones is 4. The summed E-state index contributed by atoms with van der Waals surface area (Å²) in [4.78, 5) is 65.6. The number of fused-ring (bicyclic) bond motifs is 4. The fourth-order valence-electron chi connectivity index (χ4n) is 13.4. The fourth-order valence-corrected chi connectivity index (χ4v) is 13.4. The summed E-state index contributed by atoms with van der Waals surface area (Å²) in [6.45, 7) is 86.7. The van der Waals surface area contributed by atoms with Gasteiger partial charge in [-0.25, -0.2) is 19.4 Å². The molecule has 0 unspecified atom stereocenters. The summed E-state index contributed by atoms with van der Waals surface area (Å²) in [6.07, 6.45) is 7.14. The topological polar surface area (TPSA) is 113 Å². The lowest BCUT2D eigenvalue weighted by atomic mass is 9.81. The van der Waals surface area contributed by atoms with Gasteiger partial charge in [0, 0.05) is 21.7 Å². The van der Waals surface area contributed by atoms with Gasteiger partial charge in [0.15, 0.2) is 23.1 Å². The number of hydrogen-bond donors (Lipinski definition) is 0. The predicted octanol–water partition coefficient (Wildman–Crippen LogP) is 22.7. The van der Waals surface area contributed by atoms with Crippen molar-refractivity contribution in [1.82, 2.24) is 0 Å². The van der Waals surface area contributed by atoms with E-state index in [-0.39, 0.29) is 55.9 Å². The number of rotatable bonds is 13. The summed E-state index contributed by atoms with van der Waals surface area (Å²) in [7, 11) is 1.65. The molecular formula is C87H114N4O7. The standard InChI is InChI=1S/2C23H31NO2.C22H29NO.C19H23NO2/c1-9-10-13-26-18-12-11-16-17(14-23(6,7)19(16)15(18)2)20(24-8)21(25)22(3,4)5;1-9-10-11-26-19-13-18-16(12-15(19)2)17(14-23(18,6)7)20(24-8)21(25)22(3,4)5;1-20(2,3)14-10-11-15-16(13-22(7,8)17(15)12-14)18(23-9)19(24)21(4,5)6;1-18(2,3)17(21)16(20-6)14-11-19(4,5)15-10-12(22-7)8-9-13(14)15/h11-12H,9-10,13-14H2,1-7H3;12-13H,9-11,14H2,1-7H3;10-12H,13H2,1-8H3;8-10H,11H2,1-5,7H3/b2*20-17-;18-16-;16-14-. The molecule has 0 aliphatic heterocycles. The maximum atomic E-state index is 12.8. The van der Waals surface area contributed by atoms with Crippen LogP contribution in [-0.4, -0.2) is 43.5 Å².